The van der Waals surface area contributed by atoms with Crippen LogP contribution in [-0.4, -0.2) is 54.9 Å². The maximum absolute atomic E-state index is 12.3. The summed E-state index contributed by atoms with van der Waals surface area (Å²) in [4.78, 5) is 48.3. The van der Waals surface area contributed by atoms with Crippen molar-refractivity contribution in [1.82, 2.24) is 10.1 Å². The summed E-state index contributed by atoms with van der Waals surface area (Å²) in [6, 6.07) is 0. The lowest BCUT2D eigenvalue weighted by molar-refractivity contribution is -0.240. The summed E-state index contributed by atoms with van der Waals surface area (Å²) in [6.07, 6.45) is 25.0. The highest BCUT2D eigenvalue weighted by molar-refractivity contribution is 7.96. The molecule has 0 unspecified atom stereocenters. The van der Waals surface area contributed by atoms with E-state index in [1.165, 1.54) is 51.4 Å². The zero-order valence-electron chi connectivity index (χ0n) is 30.5. The Morgan fingerprint density at radius 3 is 1.13 bits per heavy atom. The first-order valence-electron chi connectivity index (χ1n) is 20.4. The molecule has 12 saturated carbocycles. The molecule has 2 amide bonds. The molecule has 12 fully saturated rings. The second kappa shape index (κ2) is 13.4. The van der Waals surface area contributed by atoms with Crippen LogP contribution in [0.2, 0.25) is 0 Å². The Morgan fingerprint density at radius 1 is 0.481 bits per heavy atom. The van der Waals surface area contributed by atoms with Gasteiger partial charge < -0.3 is 21.1 Å². The van der Waals surface area contributed by atoms with E-state index in [2.05, 4.69) is 35.6 Å². The number of nitrogens with zero attached hydrogens (tertiary/aromatic N) is 4. The van der Waals surface area contributed by atoms with E-state index in [9.17, 15) is 9.59 Å². The molecule has 0 aromatic rings. The van der Waals surface area contributed by atoms with Gasteiger partial charge in [-0.25, -0.2) is 0 Å². The molecule has 0 aliphatic heterocycles. The van der Waals surface area contributed by atoms with E-state index >= 15 is 0 Å². The molecule has 14 heteroatoms. The second-order valence-corrected chi connectivity index (χ2v) is 20.0. The lowest BCUT2D eigenvalue weighted by Crippen LogP contribution is -2.56. The second-order valence-electron chi connectivity index (χ2n) is 19.3. The zero-order chi connectivity index (χ0) is 35.9. The number of oxime groups is 2. The molecule has 4 N–H and O–H groups in total. The monoisotopic (exact) mass is 758 g/mol. The van der Waals surface area contributed by atoms with Gasteiger partial charge in [-0.3, -0.25) is 19.3 Å². The van der Waals surface area contributed by atoms with Crippen molar-refractivity contribution >= 4 is 47.7 Å². The Morgan fingerprint density at radius 2 is 0.788 bits per heavy atom. The number of thiol groups is 2. The SMILES string of the molecule is NC(=NOC12CC3CC(CC(C3)C1)C2)N(OC12CC3CC(CC(C3)C1)C2)C(=O)S.NC(=NOC12CCC(CC1)C2)N(OC12CCC(CC1)C2)C(=O)S. The quantitative estimate of drug-likeness (QED) is 0.0853. The predicted molar refractivity (Wildman–Crippen MR) is 200 cm³/mol. The Balaban J connectivity index is 0.000000142. The normalized spacial score (nSPS) is 46.0. The number of fused-ring (bicyclic) bond motifs is 4. The van der Waals surface area contributed by atoms with Crippen LogP contribution in [0.3, 0.4) is 0 Å². The van der Waals surface area contributed by atoms with Crippen LogP contribution in [0.5, 0.6) is 0 Å². The Hall–Kier alpha value is -1.90. The lowest BCUT2D eigenvalue weighted by Gasteiger charge is -2.56. The Kier molecular flexibility index (Phi) is 9.22. The molecule has 12 nitrogen and oxygen atoms in total. The zero-order valence-corrected chi connectivity index (χ0v) is 32.3. The van der Waals surface area contributed by atoms with Gasteiger partial charge in [0.2, 0.25) is 0 Å². The fourth-order valence-electron chi connectivity index (χ4n) is 13.9. The van der Waals surface area contributed by atoms with Crippen LogP contribution in [-0.2, 0) is 19.4 Å². The average Bonchev–Trinajstić information content (AvgIpc) is 3.89. The molecule has 0 saturated heterocycles. The van der Waals surface area contributed by atoms with Gasteiger partial charge in [0.05, 0.1) is 11.2 Å². The van der Waals surface area contributed by atoms with Crippen molar-refractivity contribution in [3.8, 4) is 0 Å². The van der Waals surface area contributed by atoms with E-state index in [0.717, 1.165) is 141 Å². The number of hydroxylamine groups is 4. The van der Waals surface area contributed by atoms with Crippen LogP contribution in [0.1, 0.15) is 141 Å². The van der Waals surface area contributed by atoms with Gasteiger partial charge in [-0.1, -0.05) is 25.3 Å². The van der Waals surface area contributed by atoms with Crippen molar-refractivity contribution in [2.45, 2.75) is 164 Å². The fraction of sp³-hybridized carbons (Fsp3) is 0.895. The number of hydrogen-bond acceptors (Lipinski definition) is 8. The van der Waals surface area contributed by atoms with Gasteiger partial charge >= 0.3 is 10.5 Å². The maximum Gasteiger partial charge on any atom is 0.309 e. The van der Waals surface area contributed by atoms with E-state index in [4.69, 9.17) is 30.8 Å². The minimum atomic E-state index is -0.548. The van der Waals surface area contributed by atoms with Crippen molar-refractivity contribution < 1.29 is 28.9 Å². The third-order valence-electron chi connectivity index (χ3n) is 15.3. The molecule has 0 spiro atoms. The van der Waals surface area contributed by atoms with E-state index in [-0.39, 0.29) is 34.3 Å². The van der Waals surface area contributed by atoms with Gasteiger partial charge in [0.25, 0.3) is 11.9 Å². The fourth-order valence-corrected chi connectivity index (χ4v) is 14.2. The van der Waals surface area contributed by atoms with E-state index in [1.807, 2.05) is 0 Å². The molecule has 0 aromatic carbocycles. The van der Waals surface area contributed by atoms with Crippen molar-refractivity contribution in [3.63, 3.8) is 0 Å². The maximum atomic E-state index is 12.3. The minimum Gasteiger partial charge on any atom is -0.386 e. The molecule has 12 rings (SSSR count). The minimum absolute atomic E-state index is 0.00325. The highest BCUT2D eigenvalue weighted by Gasteiger charge is 2.55. The molecule has 0 aromatic heterocycles. The van der Waals surface area contributed by atoms with Gasteiger partial charge in [0.1, 0.15) is 11.2 Å². The van der Waals surface area contributed by atoms with Crippen LogP contribution in [0.15, 0.2) is 10.3 Å². The molecular formula is C38H58N6O6S2. The molecule has 288 valence electrons. The molecule has 0 radical (unpaired) electrons. The number of carbonyl (C=O) groups excluding carboxylic acids is 2. The number of rotatable bonds is 8. The van der Waals surface area contributed by atoms with Crippen LogP contribution in [0.4, 0.5) is 9.59 Å². The molecule has 0 atom stereocenters. The number of hydrogen-bond donors (Lipinski definition) is 4. The number of carbonyl (C=O) groups is 2. The van der Waals surface area contributed by atoms with Crippen molar-refractivity contribution in [3.05, 3.63) is 0 Å². The molecule has 12 aliphatic rings. The molecule has 52 heavy (non-hydrogen) atoms. The smallest absolute Gasteiger partial charge is 0.309 e. The van der Waals surface area contributed by atoms with Crippen LogP contribution in [0.25, 0.3) is 0 Å². The summed E-state index contributed by atoms with van der Waals surface area (Å²) in [5.74, 6) is 5.90. The molecule has 12 aliphatic carbocycles. The highest BCUT2D eigenvalue weighted by Crippen LogP contribution is 2.59. The van der Waals surface area contributed by atoms with E-state index in [0.29, 0.717) is 5.92 Å². The van der Waals surface area contributed by atoms with E-state index < -0.39 is 10.5 Å². The summed E-state index contributed by atoms with van der Waals surface area (Å²) in [6.45, 7) is 0. The summed E-state index contributed by atoms with van der Waals surface area (Å²) in [7, 11) is 0. The molecule has 12 bridgehead atoms. The summed E-state index contributed by atoms with van der Waals surface area (Å²) >= 11 is 7.93. The highest BCUT2D eigenvalue weighted by atomic mass is 32.1. The van der Waals surface area contributed by atoms with Crippen molar-refractivity contribution in [2.75, 3.05) is 0 Å². The summed E-state index contributed by atoms with van der Waals surface area (Å²) in [5.41, 5.74) is 11.3. The first kappa shape index (κ1) is 35.8. The van der Waals surface area contributed by atoms with Crippen LogP contribution >= 0.6 is 25.3 Å². The third-order valence-corrected chi connectivity index (χ3v) is 15.7. The number of amides is 2. The standard InChI is InChI=1S/C22H33N3O3S.C16H25N3O3S/c23-19(24-27-21-7-13-1-14(8-21)3-15(2-13)9-21)25(20(26)29)28-22-10-16-4-17(11-22)6-18(5-16)12-22;17-13(18-21-15-5-1-11(9-15)2-6-15)19(14(20)23)22-16-7-3-12(10-16)4-8-16/h13-18H,1-12H2,(H2,23,24)(H,26,29);11-12H,1-10H2,(H2,17,18)(H,20,23). The van der Waals surface area contributed by atoms with Crippen LogP contribution < -0.4 is 11.5 Å². The molecule has 0 heterocycles. The van der Waals surface area contributed by atoms with Crippen LogP contribution in [0, 0.1) is 47.3 Å². The first-order chi connectivity index (χ1) is 24.9. The Labute approximate surface area is 318 Å². The third kappa shape index (κ3) is 6.93. The number of guanidine groups is 2. The topological polar surface area (TPSA) is 154 Å². The predicted octanol–water partition coefficient (Wildman–Crippen LogP) is 7.64. The summed E-state index contributed by atoms with van der Waals surface area (Å²) < 4.78 is 0. The lowest BCUT2D eigenvalue weighted by atomic mass is 9.54. The number of nitrogens with two attached hydrogens (primary N) is 2. The van der Waals surface area contributed by atoms with E-state index in [1.54, 1.807) is 0 Å². The largest absolute Gasteiger partial charge is 0.386 e. The van der Waals surface area contributed by atoms with Gasteiger partial charge in [-0.15, -0.1) is 10.1 Å². The molecular weight excluding hydrogens is 701 g/mol. The van der Waals surface area contributed by atoms with Crippen molar-refractivity contribution in [1.29, 1.82) is 0 Å². The van der Waals surface area contributed by atoms with Crippen molar-refractivity contribution in [2.24, 2.45) is 69.1 Å². The van der Waals surface area contributed by atoms with Gasteiger partial charge in [-0.05, 0) is 199 Å². The van der Waals surface area contributed by atoms with Gasteiger partial charge in [-0.2, -0.15) is 0 Å². The first-order valence-corrected chi connectivity index (χ1v) is 21.3. The average molecular weight is 759 g/mol. The van der Waals surface area contributed by atoms with Gasteiger partial charge in [0.15, 0.2) is 0 Å². The van der Waals surface area contributed by atoms with Gasteiger partial charge in [0, 0.05) is 0 Å². The summed E-state index contributed by atoms with van der Waals surface area (Å²) in [5, 5.41) is 9.37. The Bertz CT molecular complexity index is 1400.